The molecule has 2 N–H and O–H groups in total. The van der Waals surface area contributed by atoms with E-state index in [0.717, 1.165) is 16.7 Å². The van der Waals surface area contributed by atoms with Crippen molar-refractivity contribution in [1.29, 1.82) is 0 Å². The summed E-state index contributed by atoms with van der Waals surface area (Å²) in [6.45, 7) is 2.51. The van der Waals surface area contributed by atoms with Gasteiger partial charge in [0.2, 0.25) is 0 Å². The summed E-state index contributed by atoms with van der Waals surface area (Å²) in [5, 5.41) is 12.1. The molecule has 0 saturated carbocycles. The highest BCUT2D eigenvalue weighted by molar-refractivity contribution is 5.90. The summed E-state index contributed by atoms with van der Waals surface area (Å²) >= 11 is 0. The van der Waals surface area contributed by atoms with E-state index in [1.807, 2.05) is 36.4 Å². The van der Waals surface area contributed by atoms with E-state index < -0.39 is 12.1 Å². The molecule has 3 aromatic rings. The fourth-order valence-corrected chi connectivity index (χ4v) is 3.40. The molecule has 1 heterocycles. The number of aromatic nitrogens is 1. The van der Waals surface area contributed by atoms with Crippen LogP contribution < -0.4 is 10.2 Å². The van der Waals surface area contributed by atoms with Gasteiger partial charge in [-0.3, -0.25) is 4.90 Å². The molecule has 0 aliphatic carbocycles. The number of anilines is 1. The van der Waals surface area contributed by atoms with Crippen LogP contribution in [0.4, 0.5) is 15.0 Å². The summed E-state index contributed by atoms with van der Waals surface area (Å²) in [5.41, 5.74) is 3.32. The molecule has 2 aromatic carbocycles. The van der Waals surface area contributed by atoms with Gasteiger partial charge in [-0.15, -0.1) is 0 Å². The van der Waals surface area contributed by atoms with Crippen molar-refractivity contribution in [3.63, 3.8) is 0 Å². The van der Waals surface area contributed by atoms with E-state index in [9.17, 15) is 19.1 Å². The van der Waals surface area contributed by atoms with Crippen LogP contribution in [0.3, 0.4) is 0 Å². The van der Waals surface area contributed by atoms with Gasteiger partial charge in [0.25, 0.3) is 0 Å². The lowest BCUT2D eigenvalue weighted by molar-refractivity contribution is -0.149. The molecule has 0 bridgehead atoms. The number of ether oxygens (including phenoxy) is 1. The second-order valence-electron chi connectivity index (χ2n) is 7.73. The largest absolute Gasteiger partial charge is 0.479 e. The lowest BCUT2D eigenvalue weighted by Crippen LogP contribution is -2.38. The number of amides is 2. The number of carboxylic acid groups (broad SMARTS) is 1. The first-order chi connectivity index (χ1) is 16.4. The molecule has 0 saturated heterocycles. The maximum Gasteiger partial charge on any atom is 0.333 e. The molecule has 8 heteroatoms. The summed E-state index contributed by atoms with van der Waals surface area (Å²) in [5.74, 6) is -0.787. The van der Waals surface area contributed by atoms with Gasteiger partial charge in [-0.1, -0.05) is 42.5 Å². The summed E-state index contributed by atoms with van der Waals surface area (Å²) in [7, 11) is 1.64. The molecule has 34 heavy (non-hydrogen) atoms. The van der Waals surface area contributed by atoms with Crippen molar-refractivity contribution in [2.45, 2.75) is 25.9 Å². The minimum absolute atomic E-state index is 0.276. The average molecular weight is 466 g/mol. The SMILES string of the molecule is CCO[C@@H](Cc1ccc(-c2cccc(N(C)C(=O)NCCc3ccc(F)cc3)n2)cc1)C(=O)O. The van der Waals surface area contributed by atoms with E-state index in [-0.39, 0.29) is 18.3 Å². The summed E-state index contributed by atoms with van der Waals surface area (Å²) < 4.78 is 18.3. The number of hydrogen-bond acceptors (Lipinski definition) is 4. The molecule has 0 aliphatic heterocycles. The fourth-order valence-electron chi connectivity index (χ4n) is 3.40. The molecular weight excluding hydrogens is 437 g/mol. The summed E-state index contributed by atoms with van der Waals surface area (Å²) in [4.78, 5) is 29.9. The first-order valence-electron chi connectivity index (χ1n) is 11.0. The first kappa shape index (κ1) is 24.9. The van der Waals surface area contributed by atoms with Crippen molar-refractivity contribution in [2.24, 2.45) is 0 Å². The third-order valence-electron chi connectivity index (χ3n) is 5.30. The van der Waals surface area contributed by atoms with E-state index in [1.54, 1.807) is 32.2 Å². The second kappa shape index (κ2) is 11.9. The van der Waals surface area contributed by atoms with Crippen molar-refractivity contribution in [1.82, 2.24) is 10.3 Å². The van der Waals surface area contributed by atoms with Crippen LogP contribution in [-0.4, -0.2) is 48.4 Å². The van der Waals surface area contributed by atoms with Crippen LogP contribution in [-0.2, 0) is 22.4 Å². The van der Waals surface area contributed by atoms with Gasteiger partial charge >= 0.3 is 12.0 Å². The Kier molecular flexibility index (Phi) is 8.70. The smallest absolute Gasteiger partial charge is 0.333 e. The standard InChI is InChI=1S/C26H28FN3O4/c1-3-34-23(25(31)32)17-19-7-11-20(12-8-19)22-5-4-6-24(29-22)30(2)26(33)28-16-15-18-9-13-21(27)14-10-18/h4-14,23H,3,15-17H2,1-2H3,(H,28,33)(H,31,32)/t23-/m0/s1. The highest BCUT2D eigenvalue weighted by Gasteiger charge is 2.18. The van der Waals surface area contributed by atoms with Gasteiger partial charge in [0.1, 0.15) is 11.6 Å². The number of halogens is 1. The number of nitrogens with one attached hydrogen (secondary N) is 1. The number of carbonyl (C=O) groups excluding carboxylic acids is 1. The van der Waals surface area contributed by atoms with Crippen molar-refractivity contribution in [2.75, 3.05) is 25.1 Å². The number of urea groups is 1. The molecular formula is C26H28FN3O4. The highest BCUT2D eigenvalue weighted by atomic mass is 19.1. The second-order valence-corrected chi connectivity index (χ2v) is 7.73. The van der Waals surface area contributed by atoms with Crippen LogP contribution in [0.2, 0.25) is 0 Å². The number of carbonyl (C=O) groups is 2. The normalized spacial score (nSPS) is 11.6. The van der Waals surface area contributed by atoms with Gasteiger partial charge in [0, 0.05) is 32.2 Å². The van der Waals surface area contributed by atoms with Crippen LogP contribution in [0, 0.1) is 5.82 Å². The van der Waals surface area contributed by atoms with Crippen molar-refractivity contribution in [3.8, 4) is 11.3 Å². The van der Waals surface area contributed by atoms with E-state index in [4.69, 9.17) is 4.74 Å². The molecule has 0 unspecified atom stereocenters. The Hall–Kier alpha value is -3.78. The third kappa shape index (κ3) is 6.86. The maximum atomic E-state index is 13.0. The number of nitrogens with zero attached hydrogens (tertiary/aromatic N) is 2. The molecule has 1 atom stereocenters. The van der Waals surface area contributed by atoms with Crippen LogP contribution in [0.15, 0.2) is 66.7 Å². The van der Waals surface area contributed by atoms with Crippen LogP contribution in [0.25, 0.3) is 11.3 Å². The summed E-state index contributed by atoms with van der Waals surface area (Å²) in [6.07, 6.45) is -0.0174. The average Bonchev–Trinajstić information content (AvgIpc) is 2.85. The Labute approximate surface area is 198 Å². The van der Waals surface area contributed by atoms with Crippen molar-refractivity contribution in [3.05, 3.63) is 83.7 Å². The van der Waals surface area contributed by atoms with Gasteiger partial charge in [0.15, 0.2) is 6.10 Å². The molecule has 0 radical (unpaired) electrons. The molecule has 0 aliphatic rings. The molecule has 7 nitrogen and oxygen atoms in total. The van der Waals surface area contributed by atoms with Crippen molar-refractivity contribution >= 4 is 17.8 Å². The molecule has 3 rings (SSSR count). The zero-order valence-electron chi connectivity index (χ0n) is 19.2. The predicted octanol–water partition coefficient (Wildman–Crippen LogP) is 4.31. The minimum Gasteiger partial charge on any atom is -0.479 e. The van der Waals surface area contributed by atoms with Crippen LogP contribution in [0.1, 0.15) is 18.1 Å². The number of benzene rings is 2. The number of hydrogen-bond donors (Lipinski definition) is 2. The zero-order valence-corrected chi connectivity index (χ0v) is 19.2. The quantitative estimate of drug-likeness (QED) is 0.466. The Morgan fingerprint density at radius 3 is 2.38 bits per heavy atom. The van der Waals surface area contributed by atoms with Gasteiger partial charge in [-0.05, 0) is 48.7 Å². The van der Waals surface area contributed by atoms with E-state index in [1.165, 1.54) is 17.0 Å². The number of rotatable bonds is 10. The fraction of sp³-hybridized carbons (Fsp3) is 0.269. The topological polar surface area (TPSA) is 91.8 Å². The van der Waals surface area contributed by atoms with Gasteiger partial charge in [-0.25, -0.2) is 19.0 Å². The lowest BCUT2D eigenvalue weighted by Gasteiger charge is -2.18. The van der Waals surface area contributed by atoms with Gasteiger partial charge in [0.05, 0.1) is 5.69 Å². The summed E-state index contributed by atoms with van der Waals surface area (Å²) in [6, 6.07) is 18.8. The third-order valence-corrected chi connectivity index (χ3v) is 5.30. The number of aliphatic carboxylic acids is 1. The monoisotopic (exact) mass is 465 g/mol. The van der Waals surface area contributed by atoms with E-state index >= 15 is 0 Å². The predicted molar refractivity (Wildman–Crippen MR) is 128 cm³/mol. The molecule has 0 spiro atoms. The molecule has 0 fully saturated rings. The molecule has 2 amide bonds. The van der Waals surface area contributed by atoms with Gasteiger partial charge < -0.3 is 15.2 Å². The number of pyridine rings is 1. The Morgan fingerprint density at radius 2 is 1.74 bits per heavy atom. The van der Waals surface area contributed by atoms with Gasteiger partial charge in [-0.2, -0.15) is 0 Å². The van der Waals surface area contributed by atoms with E-state index in [2.05, 4.69) is 10.3 Å². The van der Waals surface area contributed by atoms with Crippen molar-refractivity contribution < 1.29 is 23.8 Å². The Morgan fingerprint density at radius 1 is 1.06 bits per heavy atom. The highest BCUT2D eigenvalue weighted by Crippen LogP contribution is 2.21. The van der Waals surface area contributed by atoms with Crippen LogP contribution >= 0.6 is 0 Å². The Balaban J connectivity index is 1.61. The molecule has 1 aromatic heterocycles. The first-order valence-corrected chi connectivity index (χ1v) is 11.0. The maximum absolute atomic E-state index is 13.0. The molecule has 178 valence electrons. The Bertz CT molecular complexity index is 1100. The zero-order chi connectivity index (χ0) is 24.5. The minimum atomic E-state index is -0.987. The lowest BCUT2D eigenvalue weighted by atomic mass is 10.0. The van der Waals surface area contributed by atoms with E-state index in [0.29, 0.717) is 31.1 Å². The number of carboxylic acids is 1. The van der Waals surface area contributed by atoms with Crippen LogP contribution in [0.5, 0.6) is 0 Å².